The van der Waals surface area contributed by atoms with Gasteiger partial charge >= 0.3 is 0 Å². The van der Waals surface area contributed by atoms with Crippen molar-refractivity contribution >= 4 is 34.2 Å². The van der Waals surface area contributed by atoms with Crippen molar-refractivity contribution < 1.29 is 9.53 Å². The van der Waals surface area contributed by atoms with Gasteiger partial charge in [-0.2, -0.15) is 0 Å². The molecule has 1 saturated heterocycles. The first kappa shape index (κ1) is 17.4. The average molecular weight is 364 g/mol. The highest BCUT2D eigenvalue weighted by molar-refractivity contribution is 9.10. The summed E-state index contributed by atoms with van der Waals surface area (Å²) in [6, 6.07) is 8.02. The lowest BCUT2D eigenvalue weighted by molar-refractivity contribution is -0.133. The molecule has 1 heterocycles. The molecule has 0 saturated carbocycles. The van der Waals surface area contributed by atoms with Crippen LogP contribution in [0.15, 0.2) is 28.7 Å². The van der Waals surface area contributed by atoms with Crippen molar-refractivity contribution in [1.82, 2.24) is 10.2 Å². The van der Waals surface area contributed by atoms with E-state index in [2.05, 4.69) is 21.2 Å². The minimum Gasteiger partial charge on any atom is -0.375 e. The number of carbonyl (C=O) groups is 1. The van der Waals surface area contributed by atoms with E-state index in [0.29, 0.717) is 19.6 Å². The molecule has 1 unspecified atom stereocenters. The van der Waals surface area contributed by atoms with E-state index in [9.17, 15) is 4.79 Å². The smallest absolute Gasteiger partial charge is 0.225 e. The monoisotopic (exact) mass is 362 g/mol. The van der Waals surface area contributed by atoms with E-state index in [4.69, 9.17) is 4.74 Å². The van der Waals surface area contributed by atoms with Crippen molar-refractivity contribution in [2.24, 2.45) is 0 Å². The summed E-state index contributed by atoms with van der Waals surface area (Å²) >= 11 is 3.40. The standard InChI is InChI=1S/C14H19BrN2O2.ClH/c1-17(10-11-2-4-12(15)5-3-11)14(18)8-13-9-16-6-7-19-13;/h2-5,13,16H,6-10H2,1H3;1H. The third-order valence-electron chi connectivity index (χ3n) is 3.17. The van der Waals surface area contributed by atoms with Crippen LogP contribution in [0.25, 0.3) is 0 Å². The zero-order valence-corrected chi connectivity index (χ0v) is 13.9. The molecule has 1 aliphatic heterocycles. The molecule has 20 heavy (non-hydrogen) atoms. The lowest BCUT2D eigenvalue weighted by atomic mass is 10.2. The van der Waals surface area contributed by atoms with E-state index in [1.54, 1.807) is 4.90 Å². The largest absolute Gasteiger partial charge is 0.375 e. The maximum atomic E-state index is 12.1. The zero-order valence-electron chi connectivity index (χ0n) is 11.5. The van der Waals surface area contributed by atoms with Gasteiger partial charge in [-0.3, -0.25) is 4.79 Å². The molecule has 1 N–H and O–H groups in total. The van der Waals surface area contributed by atoms with E-state index in [1.165, 1.54) is 0 Å². The van der Waals surface area contributed by atoms with Crippen molar-refractivity contribution in [2.45, 2.75) is 19.1 Å². The van der Waals surface area contributed by atoms with E-state index in [-0.39, 0.29) is 24.4 Å². The number of nitrogens with zero attached hydrogens (tertiary/aromatic N) is 1. The second kappa shape index (κ2) is 8.62. The molecule has 1 atom stereocenters. The predicted molar refractivity (Wildman–Crippen MR) is 85.1 cm³/mol. The van der Waals surface area contributed by atoms with Crippen LogP contribution in [-0.4, -0.2) is 43.7 Å². The predicted octanol–water partition coefficient (Wildman–Crippen LogP) is 2.21. The molecular formula is C14H20BrClN2O2. The first-order chi connectivity index (χ1) is 9.15. The van der Waals surface area contributed by atoms with E-state index in [0.717, 1.165) is 23.1 Å². The molecule has 1 aliphatic rings. The van der Waals surface area contributed by atoms with Gasteiger partial charge in [0.25, 0.3) is 0 Å². The van der Waals surface area contributed by atoms with Gasteiger partial charge in [-0.05, 0) is 17.7 Å². The van der Waals surface area contributed by atoms with Gasteiger partial charge in [-0.15, -0.1) is 12.4 Å². The lowest BCUT2D eigenvalue weighted by Gasteiger charge is -2.25. The summed E-state index contributed by atoms with van der Waals surface area (Å²) in [6.45, 7) is 2.96. The number of ether oxygens (including phenoxy) is 1. The van der Waals surface area contributed by atoms with E-state index < -0.39 is 0 Å². The Balaban J connectivity index is 0.00000200. The minimum absolute atomic E-state index is 0. The van der Waals surface area contributed by atoms with Crippen LogP contribution in [0.3, 0.4) is 0 Å². The van der Waals surface area contributed by atoms with Gasteiger partial charge in [0.2, 0.25) is 5.91 Å². The molecule has 1 aromatic rings. The minimum atomic E-state index is 0. The molecule has 1 aromatic carbocycles. The van der Waals surface area contributed by atoms with Crippen LogP contribution < -0.4 is 5.32 Å². The number of halogens is 2. The van der Waals surface area contributed by atoms with Crippen LogP contribution in [0, 0.1) is 0 Å². The van der Waals surface area contributed by atoms with Crippen LogP contribution in [0.4, 0.5) is 0 Å². The molecule has 2 rings (SSSR count). The summed E-state index contributed by atoms with van der Waals surface area (Å²) in [5.41, 5.74) is 1.13. The molecule has 0 aliphatic carbocycles. The second-order valence-electron chi connectivity index (χ2n) is 4.78. The van der Waals surface area contributed by atoms with Gasteiger partial charge < -0.3 is 15.0 Å². The number of morpholine rings is 1. The Morgan fingerprint density at radius 1 is 1.45 bits per heavy atom. The number of nitrogens with one attached hydrogen (secondary N) is 1. The highest BCUT2D eigenvalue weighted by atomic mass is 79.9. The molecule has 0 radical (unpaired) electrons. The molecule has 112 valence electrons. The molecule has 0 spiro atoms. The third kappa shape index (κ3) is 5.40. The quantitative estimate of drug-likeness (QED) is 0.892. The molecule has 4 nitrogen and oxygen atoms in total. The maximum Gasteiger partial charge on any atom is 0.225 e. The molecule has 1 fully saturated rings. The molecular weight excluding hydrogens is 344 g/mol. The van der Waals surface area contributed by atoms with Crippen molar-refractivity contribution in [3.63, 3.8) is 0 Å². The van der Waals surface area contributed by atoms with Crippen LogP contribution in [-0.2, 0) is 16.1 Å². The Morgan fingerprint density at radius 3 is 2.75 bits per heavy atom. The SMILES string of the molecule is CN(Cc1ccc(Br)cc1)C(=O)CC1CNCCO1.Cl. The Kier molecular flexibility index (Phi) is 7.51. The Labute approximate surface area is 134 Å². The number of carbonyl (C=O) groups excluding carboxylic acids is 1. The fourth-order valence-corrected chi connectivity index (χ4v) is 2.32. The van der Waals surface area contributed by atoms with Gasteiger partial charge in [0.15, 0.2) is 0 Å². The Bertz CT molecular complexity index is 422. The van der Waals surface area contributed by atoms with E-state index >= 15 is 0 Å². The topological polar surface area (TPSA) is 41.6 Å². The Hall–Kier alpha value is -0.620. The maximum absolute atomic E-state index is 12.1. The summed E-state index contributed by atoms with van der Waals surface area (Å²) in [5, 5.41) is 3.23. The third-order valence-corrected chi connectivity index (χ3v) is 3.69. The molecule has 0 bridgehead atoms. The molecule has 6 heteroatoms. The van der Waals surface area contributed by atoms with Crippen LogP contribution in [0.1, 0.15) is 12.0 Å². The fraction of sp³-hybridized carbons (Fsp3) is 0.500. The van der Waals surface area contributed by atoms with Crippen molar-refractivity contribution in [2.75, 3.05) is 26.7 Å². The van der Waals surface area contributed by atoms with Crippen LogP contribution in [0.2, 0.25) is 0 Å². The van der Waals surface area contributed by atoms with Crippen LogP contribution >= 0.6 is 28.3 Å². The summed E-state index contributed by atoms with van der Waals surface area (Å²) in [5.74, 6) is 0.122. The van der Waals surface area contributed by atoms with Gasteiger partial charge in [0, 0.05) is 31.2 Å². The fourth-order valence-electron chi connectivity index (χ4n) is 2.05. The highest BCUT2D eigenvalue weighted by Crippen LogP contribution is 2.12. The Morgan fingerprint density at radius 2 is 2.15 bits per heavy atom. The van der Waals surface area contributed by atoms with Crippen molar-refractivity contribution in [3.05, 3.63) is 34.3 Å². The first-order valence-electron chi connectivity index (χ1n) is 6.46. The van der Waals surface area contributed by atoms with Crippen LogP contribution in [0.5, 0.6) is 0 Å². The second-order valence-corrected chi connectivity index (χ2v) is 5.69. The molecule has 1 amide bonds. The summed E-state index contributed by atoms with van der Waals surface area (Å²) in [4.78, 5) is 13.8. The summed E-state index contributed by atoms with van der Waals surface area (Å²) in [7, 11) is 1.83. The first-order valence-corrected chi connectivity index (χ1v) is 7.25. The van der Waals surface area contributed by atoms with Crippen molar-refractivity contribution in [1.29, 1.82) is 0 Å². The number of rotatable bonds is 4. The number of amides is 1. The van der Waals surface area contributed by atoms with Gasteiger partial charge in [-0.1, -0.05) is 28.1 Å². The molecule has 0 aromatic heterocycles. The lowest BCUT2D eigenvalue weighted by Crippen LogP contribution is -2.41. The normalized spacial score (nSPS) is 18.2. The highest BCUT2D eigenvalue weighted by Gasteiger charge is 2.19. The van der Waals surface area contributed by atoms with Gasteiger partial charge in [0.05, 0.1) is 19.1 Å². The average Bonchev–Trinajstić information content (AvgIpc) is 2.42. The van der Waals surface area contributed by atoms with Gasteiger partial charge in [0.1, 0.15) is 0 Å². The number of hydrogen-bond acceptors (Lipinski definition) is 3. The van der Waals surface area contributed by atoms with E-state index in [1.807, 2.05) is 31.3 Å². The summed E-state index contributed by atoms with van der Waals surface area (Å²) < 4.78 is 6.60. The van der Waals surface area contributed by atoms with Crippen molar-refractivity contribution in [3.8, 4) is 0 Å². The zero-order chi connectivity index (χ0) is 13.7. The number of hydrogen-bond donors (Lipinski definition) is 1. The summed E-state index contributed by atoms with van der Waals surface area (Å²) in [6.07, 6.45) is 0.452. The number of benzene rings is 1. The van der Waals surface area contributed by atoms with Gasteiger partial charge in [-0.25, -0.2) is 0 Å².